The van der Waals surface area contributed by atoms with Crippen molar-refractivity contribution in [3.63, 3.8) is 0 Å². The number of hydrogen-bond acceptors (Lipinski definition) is 1. The second kappa shape index (κ2) is 29.6. The molecule has 0 heterocycles. The zero-order valence-corrected chi connectivity index (χ0v) is 5.42. The number of hydrogen-bond donors (Lipinski definition) is 2. The third kappa shape index (κ3) is 10.7. The third-order valence-corrected chi connectivity index (χ3v) is 0. The molecule has 0 bridgehead atoms. The van der Waals surface area contributed by atoms with Gasteiger partial charge in [-0.3, -0.25) is 5.84 Å². The maximum Gasteiger partial charge on any atom is 0 e. The van der Waals surface area contributed by atoms with E-state index in [9.17, 15) is 0 Å². The van der Waals surface area contributed by atoms with Gasteiger partial charge in [-0.15, -0.1) is 0 Å². The predicted molar refractivity (Wildman–Crippen MR) is 12.8 cm³/mol. The monoisotopic (exact) mass is 91.0 g/mol. The minimum absolute atomic E-state index is 0. The van der Waals surface area contributed by atoms with Gasteiger partial charge in [0.2, 0.25) is 0 Å². The first-order valence-electron chi connectivity index (χ1n) is 0.408. The summed E-state index contributed by atoms with van der Waals surface area (Å²) in [5.41, 5.74) is 0. The van der Waals surface area contributed by atoms with Crippen LogP contribution in [0.3, 0.4) is 0 Å². The number of halogens is 1. The molecule has 5 N–H and O–H groups in total. The van der Waals surface area contributed by atoms with Crippen LogP contribution in [0.1, 0.15) is 0 Å². The average Bonchev–Trinajstić information content (AvgIpc) is 1.00. The van der Waals surface area contributed by atoms with Crippen molar-refractivity contribution in [2.75, 3.05) is 0 Å². The summed E-state index contributed by atoms with van der Waals surface area (Å²) < 4.78 is 0. The molecule has 0 fully saturated rings. The zero-order valence-electron chi connectivity index (χ0n) is 2.66. The van der Waals surface area contributed by atoms with Crippen molar-refractivity contribution < 1.29 is 18.2 Å². The van der Waals surface area contributed by atoms with Crippen molar-refractivity contribution in [2.24, 2.45) is 5.84 Å². The zero-order chi connectivity index (χ0) is 2.00. The SMILES string of the molecule is N[NH3+].[Cl-].[Na]. The van der Waals surface area contributed by atoms with Gasteiger partial charge in [0.1, 0.15) is 0 Å². The van der Waals surface area contributed by atoms with E-state index in [4.69, 9.17) is 0 Å². The van der Waals surface area contributed by atoms with Crippen molar-refractivity contribution in [3.8, 4) is 0 Å². The van der Waals surface area contributed by atoms with E-state index in [1.807, 2.05) is 0 Å². The van der Waals surface area contributed by atoms with E-state index in [1.165, 1.54) is 0 Å². The molecule has 4 heteroatoms. The van der Waals surface area contributed by atoms with Crippen LogP contribution in [0.5, 0.6) is 0 Å². The molecule has 0 aliphatic rings. The third-order valence-electron chi connectivity index (χ3n) is 0. The molecule has 0 aromatic rings. The Balaban J connectivity index is -0.00000000500. The Morgan fingerprint density at radius 2 is 1.25 bits per heavy atom. The fourth-order valence-corrected chi connectivity index (χ4v) is 0. The minimum Gasteiger partial charge on any atom is -1.00 e. The number of nitrogens with two attached hydrogens (primary N) is 1. The van der Waals surface area contributed by atoms with Gasteiger partial charge in [-0.25, -0.2) is 0 Å². The molecule has 0 amide bonds. The fourth-order valence-electron chi connectivity index (χ4n) is 0. The van der Waals surface area contributed by atoms with Crippen molar-refractivity contribution in [2.45, 2.75) is 0 Å². The summed E-state index contributed by atoms with van der Waals surface area (Å²) in [6, 6.07) is 0. The second-order valence-electron chi connectivity index (χ2n) is 0. The van der Waals surface area contributed by atoms with E-state index in [0.29, 0.717) is 0 Å². The van der Waals surface area contributed by atoms with Crippen molar-refractivity contribution >= 4 is 29.6 Å². The molecule has 0 aromatic heterocycles. The second-order valence-corrected chi connectivity index (χ2v) is 0. The van der Waals surface area contributed by atoms with Crippen LogP contribution in [0, 0.1) is 0 Å². The normalized spacial score (nSPS) is 1.50. The first-order valence-corrected chi connectivity index (χ1v) is 0.408. The van der Waals surface area contributed by atoms with Crippen molar-refractivity contribution in [1.82, 2.24) is 0 Å². The maximum atomic E-state index is 4.25. The Morgan fingerprint density at radius 3 is 1.25 bits per heavy atom. The molecule has 4 heavy (non-hydrogen) atoms. The van der Waals surface area contributed by atoms with E-state index in [2.05, 4.69) is 11.7 Å². The van der Waals surface area contributed by atoms with Crippen LogP contribution < -0.4 is 24.1 Å². The molecule has 0 saturated heterocycles. The van der Waals surface area contributed by atoms with E-state index in [0.717, 1.165) is 0 Å². The Kier molecular flexibility index (Phi) is 140. The van der Waals surface area contributed by atoms with Crippen molar-refractivity contribution in [1.29, 1.82) is 0 Å². The maximum absolute atomic E-state index is 4.25. The quantitative estimate of drug-likeness (QED) is 0.175. The fraction of sp³-hybridized carbons (Fsp3) is 0. The van der Waals surface area contributed by atoms with Gasteiger partial charge in [-0.1, -0.05) is 0 Å². The van der Waals surface area contributed by atoms with E-state index >= 15 is 0 Å². The average molecular weight is 91.5 g/mol. The molecule has 0 unspecified atom stereocenters. The number of quaternary nitrogens is 1. The molecule has 2 nitrogen and oxygen atoms in total. The van der Waals surface area contributed by atoms with Gasteiger partial charge in [-0.05, 0) is 0 Å². The molecular formula is H5ClN2Na. The summed E-state index contributed by atoms with van der Waals surface area (Å²) in [7, 11) is 0. The van der Waals surface area contributed by atoms with Gasteiger partial charge in [0.05, 0.1) is 0 Å². The summed E-state index contributed by atoms with van der Waals surface area (Å²) in [6.07, 6.45) is 0. The van der Waals surface area contributed by atoms with Crippen LogP contribution in [0.4, 0.5) is 0 Å². The molecule has 1 radical (unpaired) electrons. The molecule has 0 aliphatic carbocycles. The molecule has 0 aliphatic heterocycles. The standard InChI is InChI=1S/ClH.H4N2.Na/c;1-2;/h1H;1-2H2;. The summed E-state index contributed by atoms with van der Waals surface area (Å²) in [5, 5.41) is 0. The van der Waals surface area contributed by atoms with Gasteiger partial charge in [0.15, 0.2) is 0 Å². The number of rotatable bonds is 0. The summed E-state index contributed by atoms with van der Waals surface area (Å²) in [5.74, 6) is 7.00. The van der Waals surface area contributed by atoms with Crippen LogP contribution >= 0.6 is 0 Å². The first-order chi connectivity index (χ1) is 1.00. The molecule has 0 spiro atoms. The summed E-state index contributed by atoms with van der Waals surface area (Å²) >= 11 is 0. The van der Waals surface area contributed by atoms with Gasteiger partial charge in [0, 0.05) is 29.6 Å². The minimum atomic E-state index is 0. The Hall–Kier alpha value is 1.21. The summed E-state index contributed by atoms with van der Waals surface area (Å²) in [6.45, 7) is 0. The van der Waals surface area contributed by atoms with Crippen LogP contribution in [-0.2, 0) is 0 Å². The van der Waals surface area contributed by atoms with Gasteiger partial charge in [-0.2, -0.15) is 5.84 Å². The van der Waals surface area contributed by atoms with Crippen LogP contribution in [0.25, 0.3) is 0 Å². The van der Waals surface area contributed by atoms with Gasteiger partial charge in [0.25, 0.3) is 0 Å². The molecule has 0 aromatic carbocycles. The predicted octanol–water partition coefficient (Wildman–Crippen LogP) is -5.27. The smallest absolute Gasteiger partial charge is 0 e. The molecule has 23 valence electrons. The van der Waals surface area contributed by atoms with Crippen LogP contribution in [0.15, 0.2) is 0 Å². The van der Waals surface area contributed by atoms with Crippen LogP contribution in [-0.4, -0.2) is 29.6 Å². The van der Waals surface area contributed by atoms with Gasteiger partial charge < -0.3 is 12.4 Å². The first kappa shape index (κ1) is 18.9. The topological polar surface area (TPSA) is 53.7 Å². The van der Waals surface area contributed by atoms with Crippen LogP contribution in [0.2, 0.25) is 0 Å². The molecular weight excluding hydrogens is 86.5 g/mol. The molecule has 0 saturated carbocycles. The largest absolute Gasteiger partial charge is 1.00 e. The van der Waals surface area contributed by atoms with Crippen molar-refractivity contribution in [3.05, 3.63) is 0 Å². The Morgan fingerprint density at radius 1 is 1.25 bits per heavy atom. The van der Waals surface area contributed by atoms with E-state index < -0.39 is 0 Å². The summed E-state index contributed by atoms with van der Waals surface area (Å²) in [4.78, 5) is 0. The molecule has 0 atom stereocenters. The Bertz CT molecular complexity index is 6.00. The van der Waals surface area contributed by atoms with E-state index in [1.54, 1.807) is 0 Å². The molecule has 0 rings (SSSR count). The van der Waals surface area contributed by atoms with E-state index in [-0.39, 0.29) is 42.0 Å². The van der Waals surface area contributed by atoms with Gasteiger partial charge >= 0.3 is 0 Å². The Labute approximate surface area is 53.6 Å².